The third kappa shape index (κ3) is 5.58. The fourth-order valence-corrected chi connectivity index (χ4v) is 7.58. The highest BCUT2D eigenvalue weighted by Crippen LogP contribution is 2.47. The van der Waals surface area contributed by atoms with Gasteiger partial charge in [-0.05, 0) is 67.9 Å². The fourth-order valence-electron chi connectivity index (χ4n) is 7.58. The number of likely N-dealkylation sites (N-methyl/N-ethyl adjacent to an activating group) is 1. The van der Waals surface area contributed by atoms with Crippen molar-refractivity contribution < 1.29 is 24.0 Å². The number of likely N-dealkylation sites (tertiary alicyclic amines) is 1. The number of benzene rings is 2. The molecule has 0 bridgehead atoms. The molecule has 10 heteroatoms. The summed E-state index contributed by atoms with van der Waals surface area (Å²) in [6.45, 7) is 5.85. The summed E-state index contributed by atoms with van der Waals surface area (Å²) in [7, 11) is 1.60. The first kappa shape index (κ1) is 31.5. The van der Waals surface area contributed by atoms with Gasteiger partial charge in [0.25, 0.3) is 11.8 Å². The Labute approximate surface area is 269 Å². The van der Waals surface area contributed by atoms with Crippen LogP contribution in [0.4, 0.5) is 5.69 Å². The zero-order valence-electron chi connectivity index (χ0n) is 27.0. The summed E-state index contributed by atoms with van der Waals surface area (Å²) in [5, 5.41) is 6.76. The largest absolute Gasteiger partial charge is 0.351 e. The molecule has 1 aromatic heterocycles. The molecule has 1 spiro atoms. The highest BCUT2D eigenvalue weighted by atomic mass is 16.2. The Morgan fingerprint density at radius 2 is 1.78 bits per heavy atom. The van der Waals surface area contributed by atoms with Crippen molar-refractivity contribution in [2.24, 2.45) is 5.92 Å². The van der Waals surface area contributed by atoms with Gasteiger partial charge in [-0.15, -0.1) is 0 Å². The van der Waals surface area contributed by atoms with E-state index >= 15 is 0 Å². The molecule has 0 radical (unpaired) electrons. The highest BCUT2D eigenvalue weighted by Gasteiger charge is 2.58. The van der Waals surface area contributed by atoms with Crippen molar-refractivity contribution >= 4 is 46.0 Å². The number of rotatable bonds is 8. The second-order valence-electron chi connectivity index (χ2n) is 13.7. The van der Waals surface area contributed by atoms with Gasteiger partial charge in [-0.2, -0.15) is 0 Å². The first-order chi connectivity index (χ1) is 22.0. The van der Waals surface area contributed by atoms with E-state index < -0.39 is 35.1 Å². The topological polar surface area (TPSA) is 132 Å². The molecule has 10 nitrogen and oxygen atoms in total. The maximum absolute atomic E-state index is 14.7. The van der Waals surface area contributed by atoms with Gasteiger partial charge >= 0.3 is 0 Å². The van der Waals surface area contributed by atoms with Gasteiger partial charge in [0.1, 0.15) is 17.8 Å². The van der Waals surface area contributed by atoms with E-state index in [1.54, 1.807) is 19.2 Å². The van der Waals surface area contributed by atoms with Crippen LogP contribution < -0.4 is 10.6 Å². The van der Waals surface area contributed by atoms with E-state index in [0.29, 0.717) is 23.4 Å². The standard InChI is InChI=1S/C36H43N5O5/c1-21(2)17-29(40(4)33(44)28-18-24-22(3)11-10-16-26(24)38-28)34(45)41-20-36(25-14-8-9-15-27(25)39-35(36)46)19-30(41)31(42)32(43)37-23-12-6-5-7-13-23/h8-11,14-16,18,21,23,29-30,38H,5-7,12-13,17,19-20H2,1-4H3,(H,37,43)(H,39,46)/t29-,30-,36-/m0/s1. The summed E-state index contributed by atoms with van der Waals surface area (Å²) in [5.74, 6) is -2.52. The molecule has 2 aliphatic heterocycles. The van der Waals surface area contributed by atoms with Crippen molar-refractivity contribution in [1.82, 2.24) is 20.1 Å². The summed E-state index contributed by atoms with van der Waals surface area (Å²) in [6, 6.07) is 12.7. The maximum Gasteiger partial charge on any atom is 0.289 e. The van der Waals surface area contributed by atoms with Crippen LogP contribution >= 0.6 is 0 Å². The number of anilines is 1. The number of para-hydroxylation sites is 1. The van der Waals surface area contributed by atoms with Crippen LogP contribution in [0.5, 0.6) is 0 Å². The molecule has 0 unspecified atom stereocenters. The molecular weight excluding hydrogens is 582 g/mol. The summed E-state index contributed by atoms with van der Waals surface area (Å²) < 4.78 is 0. The smallest absolute Gasteiger partial charge is 0.289 e. The Balaban J connectivity index is 1.34. The number of aromatic amines is 1. The molecule has 4 amide bonds. The van der Waals surface area contributed by atoms with Crippen molar-refractivity contribution in [3.8, 4) is 0 Å². The molecule has 3 aromatic rings. The number of hydrogen-bond donors (Lipinski definition) is 3. The van der Waals surface area contributed by atoms with Crippen LogP contribution in [0.1, 0.15) is 80.4 Å². The number of nitrogens with zero attached hydrogens (tertiary/aromatic N) is 2. The molecule has 3 aliphatic rings. The van der Waals surface area contributed by atoms with E-state index in [1.165, 1.54) is 9.80 Å². The monoisotopic (exact) mass is 625 g/mol. The number of aromatic nitrogens is 1. The van der Waals surface area contributed by atoms with Crippen LogP contribution in [0.15, 0.2) is 48.5 Å². The molecule has 1 saturated carbocycles. The molecule has 3 heterocycles. The number of ketones is 1. The molecule has 3 atom stereocenters. The van der Waals surface area contributed by atoms with Crippen molar-refractivity contribution in [2.75, 3.05) is 18.9 Å². The van der Waals surface area contributed by atoms with E-state index in [1.807, 2.05) is 57.2 Å². The lowest BCUT2D eigenvalue weighted by molar-refractivity contribution is -0.146. The van der Waals surface area contributed by atoms with Crippen molar-refractivity contribution in [3.63, 3.8) is 0 Å². The second kappa shape index (κ2) is 12.4. The van der Waals surface area contributed by atoms with E-state index in [-0.39, 0.29) is 36.7 Å². The molecule has 46 heavy (non-hydrogen) atoms. The minimum Gasteiger partial charge on any atom is -0.351 e. The number of aryl methyl sites for hydroxylation is 1. The predicted octanol–water partition coefficient (Wildman–Crippen LogP) is 4.47. The van der Waals surface area contributed by atoms with Gasteiger partial charge in [0.15, 0.2) is 0 Å². The summed E-state index contributed by atoms with van der Waals surface area (Å²) >= 11 is 0. The molecule has 1 saturated heterocycles. The van der Waals surface area contributed by atoms with Crippen LogP contribution in [0.3, 0.4) is 0 Å². The van der Waals surface area contributed by atoms with E-state index in [4.69, 9.17) is 0 Å². The Hall–Kier alpha value is -4.47. The molecular formula is C36H43N5O5. The second-order valence-corrected chi connectivity index (χ2v) is 13.7. The summed E-state index contributed by atoms with van der Waals surface area (Å²) in [5.41, 5.74) is 2.37. The lowest BCUT2D eigenvalue weighted by Crippen LogP contribution is -2.55. The first-order valence-electron chi connectivity index (χ1n) is 16.4. The Morgan fingerprint density at radius 3 is 2.50 bits per heavy atom. The summed E-state index contributed by atoms with van der Waals surface area (Å²) in [4.78, 5) is 75.6. The van der Waals surface area contributed by atoms with Gasteiger partial charge in [-0.3, -0.25) is 24.0 Å². The minimum atomic E-state index is -1.18. The van der Waals surface area contributed by atoms with E-state index in [9.17, 15) is 24.0 Å². The molecule has 6 rings (SSSR count). The van der Waals surface area contributed by atoms with E-state index in [2.05, 4.69) is 15.6 Å². The molecule has 1 aliphatic carbocycles. The Kier molecular flexibility index (Phi) is 8.48. The normalized spacial score (nSPS) is 21.8. The maximum atomic E-state index is 14.7. The Morgan fingerprint density at radius 1 is 1.04 bits per heavy atom. The molecule has 242 valence electrons. The van der Waals surface area contributed by atoms with Gasteiger partial charge in [0.05, 0.1) is 5.41 Å². The zero-order valence-corrected chi connectivity index (χ0v) is 27.0. The SMILES string of the molecule is Cc1cccc2[nH]c(C(=O)N(C)[C@@H](CC(C)C)C(=O)N3C[C@]4(C[C@H]3C(=O)C(=O)NC3CCCCC3)C(=O)Nc3ccccc34)cc12. The lowest BCUT2D eigenvalue weighted by atomic mass is 9.79. The quantitative estimate of drug-likeness (QED) is 0.318. The number of Topliss-reactive ketones (excluding diaryl/α,β-unsaturated/α-hetero) is 1. The number of amides is 4. The zero-order chi connectivity index (χ0) is 32.7. The van der Waals surface area contributed by atoms with E-state index in [0.717, 1.165) is 48.6 Å². The number of H-pyrrole nitrogens is 1. The average molecular weight is 626 g/mol. The molecule has 2 fully saturated rings. The van der Waals surface area contributed by atoms with Gasteiger partial charge < -0.3 is 25.4 Å². The van der Waals surface area contributed by atoms with Crippen molar-refractivity contribution in [3.05, 3.63) is 65.4 Å². The number of nitrogens with one attached hydrogen (secondary N) is 3. The van der Waals surface area contributed by atoms with Gasteiger partial charge in [-0.1, -0.05) is 63.4 Å². The minimum absolute atomic E-state index is 0.00807. The van der Waals surface area contributed by atoms with Crippen LogP contribution in [0.2, 0.25) is 0 Å². The summed E-state index contributed by atoms with van der Waals surface area (Å²) in [6.07, 6.45) is 5.02. The third-order valence-corrected chi connectivity index (χ3v) is 10.1. The van der Waals surface area contributed by atoms with Crippen LogP contribution in [0.25, 0.3) is 10.9 Å². The highest BCUT2D eigenvalue weighted by molar-refractivity contribution is 6.38. The molecule has 2 aromatic carbocycles. The lowest BCUT2D eigenvalue weighted by Gasteiger charge is -2.34. The number of hydrogen-bond acceptors (Lipinski definition) is 5. The van der Waals surface area contributed by atoms with Crippen molar-refractivity contribution in [1.29, 1.82) is 0 Å². The predicted molar refractivity (Wildman–Crippen MR) is 175 cm³/mol. The van der Waals surface area contributed by atoms with Gasteiger partial charge in [0.2, 0.25) is 17.6 Å². The van der Waals surface area contributed by atoms with Gasteiger partial charge in [0, 0.05) is 36.2 Å². The van der Waals surface area contributed by atoms with Gasteiger partial charge in [-0.25, -0.2) is 0 Å². The Bertz CT molecular complexity index is 1710. The molecule has 3 N–H and O–H groups in total. The van der Waals surface area contributed by atoms with Crippen LogP contribution in [-0.2, 0) is 24.6 Å². The number of carbonyl (C=O) groups excluding carboxylic acids is 5. The van der Waals surface area contributed by atoms with Crippen molar-refractivity contribution in [2.45, 2.75) is 89.3 Å². The van der Waals surface area contributed by atoms with Crippen LogP contribution in [-0.4, -0.2) is 75.9 Å². The number of fused-ring (bicyclic) bond motifs is 3. The first-order valence-corrected chi connectivity index (χ1v) is 16.4. The fraction of sp³-hybridized carbons (Fsp3) is 0.472. The third-order valence-electron chi connectivity index (χ3n) is 10.1. The van der Waals surface area contributed by atoms with Crippen LogP contribution in [0, 0.1) is 12.8 Å². The number of carbonyl (C=O) groups is 5. The average Bonchev–Trinajstić information content (AvgIpc) is 3.74.